The van der Waals surface area contributed by atoms with Gasteiger partial charge in [-0.25, -0.2) is 4.39 Å². The highest BCUT2D eigenvalue weighted by Crippen LogP contribution is 2.23. The SMILES string of the molecule is O=C(c1ccc(NC2CC2)nn1)N1CCN(c2ccc(F)cc2)CC1. The van der Waals surface area contributed by atoms with Crippen molar-refractivity contribution in [3.63, 3.8) is 0 Å². The van der Waals surface area contributed by atoms with E-state index in [2.05, 4.69) is 20.4 Å². The monoisotopic (exact) mass is 341 g/mol. The second-order valence-electron chi connectivity index (χ2n) is 6.48. The van der Waals surface area contributed by atoms with E-state index < -0.39 is 0 Å². The number of halogens is 1. The van der Waals surface area contributed by atoms with Crippen LogP contribution in [0.15, 0.2) is 36.4 Å². The van der Waals surface area contributed by atoms with Crippen molar-refractivity contribution in [2.24, 2.45) is 0 Å². The van der Waals surface area contributed by atoms with E-state index in [0.29, 0.717) is 37.9 Å². The molecule has 0 bridgehead atoms. The fourth-order valence-corrected chi connectivity index (χ4v) is 2.94. The minimum atomic E-state index is -0.240. The molecule has 2 fully saturated rings. The minimum Gasteiger partial charge on any atom is -0.368 e. The van der Waals surface area contributed by atoms with E-state index in [-0.39, 0.29) is 11.7 Å². The highest BCUT2D eigenvalue weighted by atomic mass is 19.1. The summed E-state index contributed by atoms with van der Waals surface area (Å²) < 4.78 is 13.0. The van der Waals surface area contributed by atoms with Gasteiger partial charge in [0.2, 0.25) is 0 Å². The molecule has 1 N–H and O–H groups in total. The van der Waals surface area contributed by atoms with Gasteiger partial charge in [-0.15, -0.1) is 10.2 Å². The van der Waals surface area contributed by atoms with E-state index in [0.717, 1.165) is 11.5 Å². The second kappa shape index (κ2) is 6.66. The summed E-state index contributed by atoms with van der Waals surface area (Å²) in [6.45, 7) is 2.65. The quantitative estimate of drug-likeness (QED) is 0.923. The Morgan fingerprint density at radius 3 is 2.32 bits per heavy atom. The molecule has 0 spiro atoms. The summed E-state index contributed by atoms with van der Waals surface area (Å²) in [6, 6.07) is 10.5. The summed E-state index contributed by atoms with van der Waals surface area (Å²) >= 11 is 0. The Kier molecular flexibility index (Phi) is 4.21. The largest absolute Gasteiger partial charge is 0.368 e. The summed E-state index contributed by atoms with van der Waals surface area (Å²) in [7, 11) is 0. The molecule has 0 radical (unpaired) electrons. The first-order valence-electron chi connectivity index (χ1n) is 8.59. The predicted octanol–water partition coefficient (Wildman–Crippen LogP) is 2.15. The van der Waals surface area contributed by atoms with Crippen LogP contribution in [0, 0.1) is 5.82 Å². The highest BCUT2D eigenvalue weighted by Gasteiger charge is 2.24. The minimum absolute atomic E-state index is 0.0933. The van der Waals surface area contributed by atoms with Crippen molar-refractivity contribution < 1.29 is 9.18 Å². The van der Waals surface area contributed by atoms with Gasteiger partial charge >= 0.3 is 0 Å². The molecule has 0 unspecified atom stereocenters. The molecule has 1 aromatic heterocycles. The van der Waals surface area contributed by atoms with Crippen molar-refractivity contribution in [2.75, 3.05) is 36.4 Å². The first kappa shape index (κ1) is 15.8. The van der Waals surface area contributed by atoms with Gasteiger partial charge in [0.25, 0.3) is 5.91 Å². The van der Waals surface area contributed by atoms with Crippen LogP contribution in [-0.2, 0) is 0 Å². The van der Waals surface area contributed by atoms with Crippen molar-refractivity contribution in [2.45, 2.75) is 18.9 Å². The zero-order valence-corrected chi connectivity index (χ0v) is 13.9. The Balaban J connectivity index is 1.34. The van der Waals surface area contributed by atoms with E-state index >= 15 is 0 Å². The van der Waals surface area contributed by atoms with Crippen LogP contribution in [0.4, 0.5) is 15.9 Å². The normalized spacial score (nSPS) is 17.5. The van der Waals surface area contributed by atoms with E-state index in [9.17, 15) is 9.18 Å². The molecule has 1 amide bonds. The third-order valence-corrected chi connectivity index (χ3v) is 4.57. The fraction of sp³-hybridized carbons (Fsp3) is 0.389. The Hall–Kier alpha value is -2.70. The first-order chi connectivity index (χ1) is 12.2. The van der Waals surface area contributed by atoms with E-state index in [4.69, 9.17) is 0 Å². The van der Waals surface area contributed by atoms with Gasteiger partial charge in [0.05, 0.1) is 0 Å². The molecular weight excluding hydrogens is 321 g/mol. The maximum Gasteiger partial charge on any atom is 0.274 e. The third-order valence-electron chi connectivity index (χ3n) is 4.57. The van der Waals surface area contributed by atoms with Crippen LogP contribution in [0.3, 0.4) is 0 Å². The summed E-state index contributed by atoms with van der Waals surface area (Å²) in [5.74, 6) is 0.389. The van der Waals surface area contributed by atoms with Crippen LogP contribution in [0.25, 0.3) is 0 Å². The topological polar surface area (TPSA) is 61.4 Å². The number of benzene rings is 1. The summed E-state index contributed by atoms with van der Waals surface area (Å²) in [5.41, 5.74) is 1.35. The number of anilines is 2. The van der Waals surface area contributed by atoms with Crippen molar-refractivity contribution in [3.8, 4) is 0 Å². The van der Waals surface area contributed by atoms with Crippen LogP contribution < -0.4 is 10.2 Å². The number of amides is 1. The van der Waals surface area contributed by atoms with Crippen molar-refractivity contribution in [1.29, 1.82) is 0 Å². The molecule has 1 saturated heterocycles. The summed E-state index contributed by atoms with van der Waals surface area (Å²) in [6.07, 6.45) is 2.33. The molecule has 0 atom stereocenters. The van der Waals surface area contributed by atoms with Gasteiger partial charge in [0.1, 0.15) is 11.6 Å². The van der Waals surface area contributed by atoms with Crippen LogP contribution in [0.5, 0.6) is 0 Å². The van der Waals surface area contributed by atoms with Gasteiger partial charge in [-0.1, -0.05) is 0 Å². The fourth-order valence-electron chi connectivity index (χ4n) is 2.94. The van der Waals surface area contributed by atoms with Gasteiger partial charge in [-0.2, -0.15) is 0 Å². The lowest BCUT2D eigenvalue weighted by Crippen LogP contribution is -2.49. The number of carbonyl (C=O) groups is 1. The molecular formula is C18H20FN5O. The first-order valence-corrected chi connectivity index (χ1v) is 8.59. The van der Waals surface area contributed by atoms with Crippen LogP contribution in [0.2, 0.25) is 0 Å². The number of hydrogen-bond acceptors (Lipinski definition) is 5. The number of hydrogen-bond donors (Lipinski definition) is 1. The van der Waals surface area contributed by atoms with Crippen molar-refractivity contribution in [1.82, 2.24) is 15.1 Å². The van der Waals surface area contributed by atoms with E-state index in [1.54, 1.807) is 23.1 Å². The Labute approximate surface area is 145 Å². The van der Waals surface area contributed by atoms with E-state index in [1.165, 1.54) is 25.0 Å². The number of aromatic nitrogens is 2. The van der Waals surface area contributed by atoms with Crippen molar-refractivity contribution in [3.05, 3.63) is 47.9 Å². The Morgan fingerprint density at radius 1 is 1.00 bits per heavy atom. The average Bonchev–Trinajstić information content (AvgIpc) is 3.47. The Bertz CT molecular complexity index is 737. The molecule has 25 heavy (non-hydrogen) atoms. The molecule has 6 nitrogen and oxygen atoms in total. The van der Waals surface area contributed by atoms with Gasteiger partial charge < -0.3 is 15.1 Å². The zero-order chi connectivity index (χ0) is 17.2. The molecule has 1 aliphatic carbocycles. The molecule has 7 heteroatoms. The molecule has 1 aliphatic heterocycles. The second-order valence-corrected chi connectivity index (χ2v) is 6.48. The predicted molar refractivity (Wildman–Crippen MR) is 93.2 cm³/mol. The maximum atomic E-state index is 13.0. The standard InChI is InChI=1S/C18H20FN5O/c19-13-1-5-15(6-2-13)23-9-11-24(12-10-23)18(25)16-7-8-17(22-21-16)20-14-3-4-14/h1-2,5-8,14H,3-4,9-12H2,(H,20,22). The van der Waals surface area contributed by atoms with Crippen molar-refractivity contribution >= 4 is 17.4 Å². The Morgan fingerprint density at radius 2 is 1.72 bits per heavy atom. The van der Waals surface area contributed by atoms with Gasteiger partial charge in [-0.05, 0) is 49.2 Å². The molecule has 4 rings (SSSR count). The number of rotatable bonds is 4. The zero-order valence-electron chi connectivity index (χ0n) is 13.9. The molecule has 130 valence electrons. The van der Waals surface area contributed by atoms with Crippen LogP contribution >= 0.6 is 0 Å². The van der Waals surface area contributed by atoms with Crippen LogP contribution in [0.1, 0.15) is 23.3 Å². The number of piperazine rings is 1. The van der Waals surface area contributed by atoms with Gasteiger partial charge in [0, 0.05) is 37.9 Å². The highest BCUT2D eigenvalue weighted by molar-refractivity contribution is 5.92. The van der Waals surface area contributed by atoms with Gasteiger partial charge in [-0.3, -0.25) is 4.79 Å². The third kappa shape index (κ3) is 3.70. The number of nitrogens with one attached hydrogen (secondary N) is 1. The van der Waals surface area contributed by atoms with Crippen LogP contribution in [-0.4, -0.2) is 53.2 Å². The number of carbonyl (C=O) groups excluding carboxylic acids is 1. The molecule has 1 aromatic carbocycles. The lowest BCUT2D eigenvalue weighted by Gasteiger charge is -2.35. The van der Waals surface area contributed by atoms with Gasteiger partial charge in [0.15, 0.2) is 5.69 Å². The van der Waals surface area contributed by atoms with E-state index in [1.807, 2.05) is 6.07 Å². The smallest absolute Gasteiger partial charge is 0.274 e. The lowest BCUT2D eigenvalue weighted by molar-refractivity contribution is 0.0739. The maximum absolute atomic E-state index is 13.0. The summed E-state index contributed by atoms with van der Waals surface area (Å²) in [5, 5.41) is 11.4. The molecule has 2 aromatic rings. The molecule has 2 aliphatic rings. The average molecular weight is 341 g/mol. The lowest BCUT2D eigenvalue weighted by atomic mass is 10.2. The molecule has 2 heterocycles. The number of nitrogens with zero attached hydrogens (tertiary/aromatic N) is 4. The summed E-state index contributed by atoms with van der Waals surface area (Å²) in [4.78, 5) is 16.5. The molecule has 1 saturated carbocycles.